The summed E-state index contributed by atoms with van der Waals surface area (Å²) in [6.07, 6.45) is 2.80. The number of sulfonamides is 2. The van der Waals surface area contributed by atoms with Gasteiger partial charge in [-0.1, -0.05) is 10.7 Å². The lowest BCUT2D eigenvalue weighted by atomic mass is 9.48. The Balaban J connectivity index is 1.75. The molecule has 194 valence electrons. The summed E-state index contributed by atoms with van der Waals surface area (Å²) >= 11 is 0. The van der Waals surface area contributed by atoms with E-state index in [1.165, 1.54) is 6.92 Å². The van der Waals surface area contributed by atoms with E-state index in [0.717, 1.165) is 6.42 Å². The summed E-state index contributed by atoms with van der Waals surface area (Å²) in [6, 6.07) is 0. The topological polar surface area (TPSA) is 133 Å². The van der Waals surface area contributed by atoms with Crippen LogP contribution in [0.25, 0.3) is 0 Å². The number of rotatable bonds is 8. The van der Waals surface area contributed by atoms with Gasteiger partial charge in [-0.2, -0.15) is 22.0 Å². The fourth-order valence-corrected chi connectivity index (χ4v) is 7.82. The summed E-state index contributed by atoms with van der Waals surface area (Å²) < 4.78 is 121. The third kappa shape index (κ3) is 4.80. The summed E-state index contributed by atoms with van der Waals surface area (Å²) in [7, 11) is -13.4. The van der Waals surface area contributed by atoms with E-state index in [2.05, 4.69) is 11.3 Å². The fraction of sp³-hybridized carbons (Fsp3) is 0.778. The zero-order valence-corrected chi connectivity index (χ0v) is 19.4. The van der Waals surface area contributed by atoms with Gasteiger partial charge in [0, 0.05) is 11.0 Å². The molecule has 34 heavy (non-hydrogen) atoms. The van der Waals surface area contributed by atoms with Gasteiger partial charge in [0.2, 0.25) is 0 Å². The van der Waals surface area contributed by atoms with Gasteiger partial charge in [-0.3, -0.25) is 0 Å². The summed E-state index contributed by atoms with van der Waals surface area (Å²) in [5.74, 6) is -3.30. The highest BCUT2D eigenvalue weighted by Gasteiger charge is 2.62. The number of nitrogens with one attached hydrogen (secondary N) is 1. The molecule has 0 amide bonds. The molecule has 0 aliphatic heterocycles. The smallest absolute Gasteiger partial charge is 0.460 e. The van der Waals surface area contributed by atoms with E-state index in [-0.39, 0.29) is 28.0 Å². The first-order valence-electron chi connectivity index (χ1n) is 10.0. The Kier molecular flexibility index (Phi) is 6.39. The predicted molar refractivity (Wildman–Crippen MR) is 104 cm³/mol. The molecule has 0 saturated heterocycles. The quantitative estimate of drug-likeness (QED) is 0.282. The molecule has 0 aromatic carbocycles. The van der Waals surface area contributed by atoms with Crippen LogP contribution in [-0.4, -0.2) is 51.7 Å². The third-order valence-corrected chi connectivity index (χ3v) is 9.60. The van der Waals surface area contributed by atoms with E-state index < -0.39 is 60.4 Å². The van der Waals surface area contributed by atoms with Crippen LogP contribution in [0.3, 0.4) is 0 Å². The van der Waals surface area contributed by atoms with Crippen molar-refractivity contribution in [3.63, 3.8) is 0 Å². The van der Waals surface area contributed by atoms with Gasteiger partial charge in [0.25, 0.3) is 0 Å². The lowest BCUT2D eigenvalue weighted by molar-refractivity contribution is -0.210. The van der Waals surface area contributed by atoms with Gasteiger partial charge in [0.05, 0.1) is 6.61 Å². The Morgan fingerprint density at radius 2 is 1.53 bits per heavy atom. The molecule has 4 fully saturated rings. The molecule has 0 aromatic heterocycles. The standard InChI is InChI=1S/C18H22F5NO8S2/c1-10(2)13(25)32-16-6-11-3-12(7-16)5-15(4-11,8-16)9-31-14(26)17(19,20)33(27,28)24-34(29,30)18(21,22)23/h11-12,24H,1,3-9H2,2H3. The number of carbonyl (C=O) groups is 2. The molecule has 0 radical (unpaired) electrons. The third-order valence-electron chi connectivity index (χ3n) is 6.39. The monoisotopic (exact) mass is 539 g/mol. The molecule has 1 N–H and O–H groups in total. The molecule has 2 atom stereocenters. The van der Waals surface area contributed by atoms with Crippen molar-refractivity contribution in [3.8, 4) is 0 Å². The zero-order chi connectivity index (χ0) is 26.0. The summed E-state index contributed by atoms with van der Waals surface area (Å²) in [6.45, 7) is 4.27. The number of halogens is 5. The molecule has 2 unspecified atom stereocenters. The molecule has 16 heteroatoms. The van der Waals surface area contributed by atoms with Gasteiger partial charge in [-0.25, -0.2) is 26.4 Å². The predicted octanol–water partition coefficient (Wildman–Crippen LogP) is 2.35. The minimum absolute atomic E-state index is 0.0284. The Hall–Kier alpha value is -1.81. The number of carbonyl (C=O) groups excluding carboxylic acids is 2. The van der Waals surface area contributed by atoms with Crippen LogP contribution in [0.5, 0.6) is 0 Å². The van der Waals surface area contributed by atoms with Crippen molar-refractivity contribution >= 4 is 32.0 Å². The average molecular weight is 539 g/mol. The van der Waals surface area contributed by atoms with Crippen LogP contribution in [0.1, 0.15) is 45.4 Å². The molecule has 0 aromatic rings. The van der Waals surface area contributed by atoms with Gasteiger partial charge >= 0.3 is 42.7 Å². The second-order valence-corrected chi connectivity index (χ2v) is 13.1. The second-order valence-electron chi connectivity index (χ2n) is 9.44. The normalized spacial score (nSPS) is 31.2. The number of hydrogen-bond donors (Lipinski definition) is 1. The Labute approximate surface area is 192 Å². The highest BCUT2D eigenvalue weighted by Crippen LogP contribution is 2.63. The average Bonchev–Trinajstić information content (AvgIpc) is 2.62. The van der Waals surface area contributed by atoms with E-state index in [4.69, 9.17) is 4.74 Å². The molecular weight excluding hydrogens is 517 g/mol. The number of ether oxygens (including phenoxy) is 2. The minimum Gasteiger partial charge on any atom is -0.460 e. The van der Waals surface area contributed by atoms with Crippen molar-refractivity contribution in [1.29, 1.82) is 0 Å². The van der Waals surface area contributed by atoms with Crippen LogP contribution in [0.4, 0.5) is 22.0 Å². The van der Waals surface area contributed by atoms with Crippen molar-refractivity contribution < 1.29 is 57.9 Å². The van der Waals surface area contributed by atoms with Crippen LogP contribution in [-0.2, 0) is 39.1 Å². The van der Waals surface area contributed by atoms with Crippen LogP contribution in [0.2, 0.25) is 0 Å². The van der Waals surface area contributed by atoms with Crippen LogP contribution in [0, 0.1) is 17.3 Å². The van der Waals surface area contributed by atoms with E-state index in [1.807, 2.05) is 0 Å². The maximum absolute atomic E-state index is 14.2. The summed E-state index contributed by atoms with van der Waals surface area (Å²) in [4.78, 5) is 24.0. The van der Waals surface area contributed by atoms with E-state index in [0.29, 0.717) is 25.7 Å². The van der Waals surface area contributed by atoms with Crippen molar-refractivity contribution in [3.05, 3.63) is 12.2 Å². The lowest BCUT2D eigenvalue weighted by Crippen LogP contribution is -2.59. The van der Waals surface area contributed by atoms with Crippen LogP contribution >= 0.6 is 0 Å². The van der Waals surface area contributed by atoms with E-state index >= 15 is 0 Å². The van der Waals surface area contributed by atoms with Gasteiger partial charge in [0.1, 0.15) is 5.60 Å². The Morgan fingerprint density at radius 3 is 2.00 bits per heavy atom. The largest absolute Gasteiger partial charge is 0.512 e. The number of alkyl halides is 5. The molecule has 0 heterocycles. The molecule has 4 bridgehead atoms. The van der Waals surface area contributed by atoms with Crippen LogP contribution < -0.4 is 4.13 Å². The molecule has 4 aliphatic carbocycles. The number of esters is 2. The Morgan fingerprint density at radius 1 is 1.00 bits per heavy atom. The van der Waals surface area contributed by atoms with Gasteiger partial charge < -0.3 is 9.47 Å². The summed E-state index contributed by atoms with van der Waals surface area (Å²) in [5, 5.41) is -5.63. The van der Waals surface area contributed by atoms with E-state index in [1.54, 1.807) is 0 Å². The highest BCUT2D eigenvalue weighted by atomic mass is 32.3. The molecule has 0 spiro atoms. The van der Waals surface area contributed by atoms with Crippen molar-refractivity contribution in [2.45, 2.75) is 61.8 Å². The molecule has 9 nitrogen and oxygen atoms in total. The van der Waals surface area contributed by atoms with Crippen molar-refractivity contribution in [2.24, 2.45) is 17.3 Å². The highest BCUT2D eigenvalue weighted by molar-refractivity contribution is 8.05. The molecule has 4 saturated carbocycles. The number of hydrogen-bond acceptors (Lipinski definition) is 8. The second kappa shape index (κ2) is 8.11. The summed E-state index contributed by atoms with van der Waals surface area (Å²) in [5.41, 5.74) is -7.90. The SMILES string of the molecule is C=C(C)C(=O)OC12CC3CC(CC(COC(=O)C(F)(F)S(=O)(=O)NS(=O)(=O)C(F)(F)F)(C3)C1)C2. The lowest BCUT2D eigenvalue weighted by Gasteiger charge is -2.60. The first-order valence-corrected chi connectivity index (χ1v) is 13.0. The maximum Gasteiger partial charge on any atom is 0.512 e. The minimum atomic E-state index is -6.73. The fourth-order valence-electron chi connectivity index (χ4n) is 5.59. The van der Waals surface area contributed by atoms with Crippen molar-refractivity contribution in [1.82, 2.24) is 4.13 Å². The molecular formula is C18H22F5NO8S2. The first-order chi connectivity index (χ1) is 15.2. The molecule has 4 aliphatic rings. The Bertz CT molecular complexity index is 1100. The maximum atomic E-state index is 14.2. The van der Waals surface area contributed by atoms with Gasteiger partial charge in [-0.15, -0.1) is 0 Å². The van der Waals surface area contributed by atoms with E-state index in [9.17, 15) is 48.4 Å². The first kappa shape index (κ1) is 26.8. The van der Waals surface area contributed by atoms with Crippen molar-refractivity contribution in [2.75, 3.05) is 6.61 Å². The van der Waals surface area contributed by atoms with Gasteiger partial charge in [-0.05, 0) is 57.3 Å². The van der Waals surface area contributed by atoms with Gasteiger partial charge in [0.15, 0.2) is 0 Å². The molecule has 4 rings (SSSR count). The zero-order valence-electron chi connectivity index (χ0n) is 17.8. The van der Waals surface area contributed by atoms with Crippen LogP contribution in [0.15, 0.2) is 12.2 Å².